The Kier molecular flexibility index (Phi) is 3.35. The Bertz CT molecular complexity index is 916. The first-order chi connectivity index (χ1) is 10.2. The van der Waals surface area contributed by atoms with Crippen molar-refractivity contribution >= 4 is 26.9 Å². The van der Waals surface area contributed by atoms with Gasteiger partial charge in [0.2, 0.25) is 5.76 Å². The van der Waals surface area contributed by atoms with Gasteiger partial charge < -0.3 is 9.15 Å². The average Bonchev–Trinajstić information content (AvgIpc) is 2.87. The van der Waals surface area contributed by atoms with Gasteiger partial charge in [0.15, 0.2) is 5.75 Å². The van der Waals surface area contributed by atoms with E-state index in [1.54, 1.807) is 30.3 Å². The summed E-state index contributed by atoms with van der Waals surface area (Å²) >= 11 is 3.31. The van der Waals surface area contributed by atoms with Crippen LogP contribution < -0.4 is 4.74 Å². The summed E-state index contributed by atoms with van der Waals surface area (Å²) in [5.41, 5.74) is 0.943. The molecule has 21 heavy (non-hydrogen) atoms. The summed E-state index contributed by atoms with van der Waals surface area (Å²) in [6, 6.07) is 16.3. The van der Waals surface area contributed by atoms with Crippen LogP contribution in [0, 0.1) is 22.7 Å². The lowest BCUT2D eigenvalue weighted by atomic mass is 10.2. The summed E-state index contributed by atoms with van der Waals surface area (Å²) < 4.78 is 12.0. The summed E-state index contributed by atoms with van der Waals surface area (Å²) in [5.74, 6) is 0.790. The third-order valence-corrected chi connectivity index (χ3v) is 3.42. The number of nitriles is 2. The summed E-state index contributed by atoms with van der Waals surface area (Å²) in [6.07, 6.45) is 0. The lowest BCUT2D eigenvalue weighted by Gasteiger charge is -2.06. The zero-order valence-corrected chi connectivity index (χ0v) is 12.2. The molecule has 0 spiro atoms. The Morgan fingerprint density at radius 1 is 1.05 bits per heavy atom. The number of nitrogens with zero attached hydrogens (tertiary/aromatic N) is 2. The standard InChI is InChI=1S/C16H7BrN2O2/c17-11-5-6-13(10(7-11)8-18)21-16-12-3-1-2-4-14(12)20-15(16)9-19/h1-7H. The van der Waals surface area contributed by atoms with Crippen LogP contribution in [0.4, 0.5) is 0 Å². The minimum absolute atomic E-state index is 0.0861. The van der Waals surface area contributed by atoms with Gasteiger partial charge in [-0.15, -0.1) is 0 Å². The van der Waals surface area contributed by atoms with Gasteiger partial charge in [0.1, 0.15) is 23.5 Å². The fourth-order valence-electron chi connectivity index (χ4n) is 1.99. The summed E-state index contributed by atoms with van der Waals surface area (Å²) in [6.45, 7) is 0. The number of para-hydroxylation sites is 1. The van der Waals surface area contributed by atoms with E-state index in [4.69, 9.17) is 9.15 Å². The normalized spacial score (nSPS) is 10.0. The molecule has 0 amide bonds. The summed E-state index contributed by atoms with van der Waals surface area (Å²) in [7, 11) is 0. The largest absolute Gasteiger partial charge is 0.450 e. The number of hydrogen-bond donors (Lipinski definition) is 0. The molecule has 0 bridgehead atoms. The highest BCUT2D eigenvalue weighted by Gasteiger charge is 2.17. The van der Waals surface area contributed by atoms with Gasteiger partial charge in [0, 0.05) is 4.47 Å². The van der Waals surface area contributed by atoms with E-state index in [0.29, 0.717) is 28.0 Å². The maximum absolute atomic E-state index is 9.17. The first-order valence-corrected chi connectivity index (χ1v) is 6.81. The molecule has 0 atom stereocenters. The van der Waals surface area contributed by atoms with Gasteiger partial charge in [0.05, 0.1) is 10.9 Å². The second kappa shape index (κ2) is 5.32. The van der Waals surface area contributed by atoms with E-state index in [2.05, 4.69) is 22.0 Å². The molecule has 4 nitrogen and oxygen atoms in total. The number of benzene rings is 2. The second-order valence-corrected chi connectivity index (χ2v) is 5.14. The molecule has 0 aliphatic heterocycles. The van der Waals surface area contributed by atoms with Crippen LogP contribution in [0.3, 0.4) is 0 Å². The van der Waals surface area contributed by atoms with E-state index in [1.165, 1.54) is 0 Å². The molecule has 100 valence electrons. The van der Waals surface area contributed by atoms with Gasteiger partial charge in [0.25, 0.3) is 0 Å². The Morgan fingerprint density at radius 2 is 1.86 bits per heavy atom. The minimum Gasteiger partial charge on any atom is -0.450 e. The van der Waals surface area contributed by atoms with Crippen LogP contribution in [-0.4, -0.2) is 0 Å². The number of fused-ring (bicyclic) bond motifs is 1. The minimum atomic E-state index is 0.0861. The van der Waals surface area contributed by atoms with Gasteiger partial charge in [-0.2, -0.15) is 10.5 Å². The maximum Gasteiger partial charge on any atom is 0.247 e. The molecule has 3 rings (SSSR count). The Labute approximate surface area is 128 Å². The first-order valence-electron chi connectivity index (χ1n) is 6.02. The van der Waals surface area contributed by atoms with E-state index in [9.17, 15) is 10.5 Å². The monoisotopic (exact) mass is 338 g/mol. The second-order valence-electron chi connectivity index (χ2n) is 4.22. The highest BCUT2D eigenvalue weighted by Crippen LogP contribution is 2.37. The zero-order chi connectivity index (χ0) is 14.8. The van der Waals surface area contributed by atoms with Crippen molar-refractivity contribution in [2.45, 2.75) is 0 Å². The van der Waals surface area contributed by atoms with Gasteiger partial charge in [-0.05, 0) is 30.3 Å². The van der Waals surface area contributed by atoms with E-state index in [1.807, 2.05) is 18.2 Å². The van der Waals surface area contributed by atoms with E-state index in [-0.39, 0.29) is 5.76 Å². The fraction of sp³-hybridized carbons (Fsp3) is 0. The lowest BCUT2D eigenvalue weighted by molar-refractivity contribution is 0.465. The highest BCUT2D eigenvalue weighted by molar-refractivity contribution is 9.10. The van der Waals surface area contributed by atoms with Gasteiger partial charge >= 0.3 is 0 Å². The molecule has 0 saturated heterocycles. The third kappa shape index (κ3) is 2.35. The predicted octanol–water partition coefficient (Wildman–Crippen LogP) is 4.73. The smallest absolute Gasteiger partial charge is 0.247 e. The topological polar surface area (TPSA) is 69.9 Å². The fourth-order valence-corrected chi connectivity index (χ4v) is 2.35. The molecule has 0 radical (unpaired) electrons. The van der Waals surface area contributed by atoms with Crippen molar-refractivity contribution in [2.24, 2.45) is 0 Å². The van der Waals surface area contributed by atoms with E-state index >= 15 is 0 Å². The molecular weight excluding hydrogens is 332 g/mol. The van der Waals surface area contributed by atoms with Crippen LogP contribution in [0.1, 0.15) is 11.3 Å². The van der Waals surface area contributed by atoms with Crippen molar-refractivity contribution in [1.82, 2.24) is 0 Å². The van der Waals surface area contributed by atoms with Crippen molar-refractivity contribution in [3.05, 3.63) is 58.3 Å². The Morgan fingerprint density at radius 3 is 2.62 bits per heavy atom. The number of ether oxygens (including phenoxy) is 1. The quantitative estimate of drug-likeness (QED) is 0.677. The predicted molar refractivity (Wildman–Crippen MR) is 79.9 cm³/mol. The maximum atomic E-state index is 9.17. The molecule has 0 fully saturated rings. The molecule has 1 aromatic heterocycles. The molecule has 3 aromatic rings. The summed E-state index contributed by atoms with van der Waals surface area (Å²) in [5, 5.41) is 19.0. The number of rotatable bonds is 2. The molecule has 0 aliphatic rings. The molecule has 0 unspecified atom stereocenters. The van der Waals surface area contributed by atoms with Crippen LogP contribution in [0.25, 0.3) is 11.0 Å². The molecule has 0 aliphatic carbocycles. The lowest BCUT2D eigenvalue weighted by Crippen LogP contribution is -1.89. The number of halogens is 1. The van der Waals surface area contributed by atoms with Crippen molar-refractivity contribution in [2.75, 3.05) is 0 Å². The van der Waals surface area contributed by atoms with E-state index < -0.39 is 0 Å². The Hall–Kier alpha value is -2.76. The average molecular weight is 339 g/mol. The first kappa shape index (κ1) is 13.2. The molecular formula is C16H7BrN2O2. The molecule has 0 N–H and O–H groups in total. The highest BCUT2D eigenvalue weighted by atomic mass is 79.9. The van der Waals surface area contributed by atoms with E-state index in [0.717, 1.165) is 4.47 Å². The van der Waals surface area contributed by atoms with Crippen molar-refractivity contribution in [3.63, 3.8) is 0 Å². The van der Waals surface area contributed by atoms with Crippen molar-refractivity contribution in [3.8, 4) is 23.6 Å². The Balaban J connectivity index is 2.15. The number of furan rings is 1. The zero-order valence-electron chi connectivity index (χ0n) is 10.6. The summed E-state index contributed by atoms with van der Waals surface area (Å²) in [4.78, 5) is 0. The van der Waals surface area contributed by atoms with Crippen LogP contribution in [0.2, 0.25) is 0 Å². The van der Waals surface area contributed by atoms with Gasteiger partial charge in [-0.3, -0.25) is 0 Å². The molecule has 0 saturated carbocycles. The molecule has 2 aromatic carbocycles. The van der Waals surface area contributed by atoms with Crippen LogP contribution in [0.5, 0.6) is 11.5 Å². The van der Waals surface area contributed by atoms with Crippen molar-refractivity contribution in [1.29, 1.82) is 10.5 Å². The number of hydrogen-bond acceptors (Lipinski definition) is 4. The SMILES string of the molecule is N#Cc1cc(Br)ccc1Oc1c(C#N)oc2ccccc12. The van der Waals surface area contributed by atoms with Crippen LogP contribution in [-0.2, 0) is 0 Å². The van der Waals surface area contributed by atoms with Crippen LogP contribution >= 0.6 is 15.9 Å². The van der Waals surface area contributed by atoms with Crippen LogP contribution in [0.15, 0.2) is 51.4 Å². The van der Waals surface area contributed by atoms with Gasteiger partial charge in [-0.1, -0.05) is 28.1 Å². The van der Waals surface area contributed by atoms with Gasteiger partial charge in [-0.25, -0.2) is 0 Å². The van der Waals surface area contributed by atoms with Crippen molar-refractivity contribution < 1.29 is 9.15 Å². The third-order valence-electron chi connectivity index (χ3n) is 2.93. The molecule has 5 heteroatoms. The molecule has 1 heterocycles.